The van der Waals surface area contributed by atoms with Crippen molar-refractivity contribution in [3.8, 4) is 6.07 Å². The molecule has 0 spiro atoms. The molecule has 0 aliphatic heterocycles. The van der Waals surface area contributed by atoms with Crippen LogP contribution in [0.3, 0.4) is 0 Å². The van der Waals surface area contributed by atoms with E-state index in [-0.39, 0.29) is 10.6 Å². The second-order valence-corrected chi connectivity index (χ2v) is 4.67. The van der Waals surface area contributed by atoms with Crippen LogP contribution in [0.25, 0.3) is 0 Å². The van der Waals surface area contributed by atoms with Gasteiger partial charge < -0.3 is 5.32 Å². The molecule has 0 radical (unpaired) electrons. The molecular weight excluding hydrogens is 357 g/mol. The van der Waals surface area contributed by atoms with Gasteiger partial charge in [0.2, 0.25) is 0 Å². The Bertz CT molecular complexity index is 622. The average Bonchev–Trinajstić information content (AvgIpc) is 2.44. The van der Waals surface area contributed by atoms with Crippen molar-refractivity contribution < 1.29 is 35.5 Å². The standard InChI is InChI=1S/C12H6ClF7N2O/c13-7-3-1-6(2-4-7)8(5-21)22-9(23)10(14,15)11(16,17)12(18,19)20/h1-4,8H,(H,22,23). The molecule has 0 bridgehead atoms. The first-order valence-corrected chi connectivity index (χ1v) is 6.00. The van der Waals surface area contributed by atoms with Crippen LogP contribution in [0, 0.1) is 11.3 Å². The van der Waals surface area contributed by atoms with Gasteiger partial charge in [-0.2, -0.15) is 36.0 Å². The van der Waals surface area contributed by atoms with Gasteiger partial charge in [0.05, 0.1) is 6.07 Å². The summed E-state index contributed by atoms with van der Waals surface area (Å²) in [6, 6.07) is 4.05. The molecule has 23 heavy (non-hydrogen) atoms. The second-order valence-electron chi connectivity index (χ2n) is 4.23. The van der Waals surface area contributed by atoms with Crippen LogP contribution in [0.1, 0.15) is 11.6 Å². The van der Waals surface area contributed by atoms with Gasteiger partial charge >= 0.3 is 18.0 Å². The van der Waals surface area contributed by atoms with Crippen molar-refractivity contribution in [2.45, 2.75) is 24.1 Å². The number of carbonyl (C=O) groups excluding carboxylic acids is 1. The van der Waals surface area contributed by atoms with Crippen LogP contribution in [-0.2, 0) is 4.79 Å². The molecule has 0 heterocycles. The van der Waals surface area contributed by atoms with E-state index in [1.165, 1.54) is 18.2 Å². The highest BCUT2D eigenvalue weighted by Gasteiger charge is 2.76. The van der Waals surface area contributed by atoms with Gasteiger partial charge in [-0.05, 0) is 17.7 Å². The predicted molar refractivity (Wildman–Crippen MR) is 63.9 cm³/mol. The van der Waals surface area contributed by atoms with Gasteiger partial charge in [-0.25, -0.2) is 0 Å². The number of nitrogens with one attached hydrogen (secondary N) is 1. The molecule has 0 aromatic heterocycles. The average molecular weight is 363 g/mol. The van der Waals surface area contributed by atoms with E-state index in [0.29, 0.717) is 0 Å². The number of hydrogen-bond acceptors (Lipinski definition) is 2. The Labute approximate surface area is 129 Å². The molecule has 1 unspecified atom stereocenters. The molecule has 1 atom stereocenters. The summed E-state index contributed by atoms with van der Waals surface area (Å²) < 4.78 is 87.7. The highest BCUT2D eigenvalue weighted by Crippen LogP contribution is 2.46. The first-order valence-electron chi connectivity index (χ1n) is 5.63. The van der Waals surface area contributed by atoms with E-state index in [1.54, 1.807) is 0 Å². The van der Waals surface area contributed by atoms with Crippen molar-refractivity contribution in [2.24, 2.45) is 0 Å². The third-order valence-corrected chi connectivity index (χ3v) is 2.90. The fraction of sp³-hybridized carbons (Fsp3) is 0.333. The van der Waals surface area contributed by atoms with Crippen molar-refractivity contribution in [3.63, 3.8) is 0 Å². The maximum absolute atomic E-state index is 13.2. The molecule has 1 amide bonds. The number of benzene rings is 1. The Hall–Kier alpha value is -2.02. The summed E-state index contributed by atoms with van der Waals surface area (Å²) >= 11 is 5.53. The van der Waals surface area contributed by atoms with Crippen LogP contribution in [0.4, 0.5) is 30.7 Å². The highest BCUT2D eigenvalue weighted by molar-refractivity contribution is 6.30. The molecule has 1 aromatic carbocycles. The quantitative estimate of drug-likeness (QED) is 0.827. The molecule has 126 valence electrons. The van der Waals surface area contributed by atoms with E-state index >= 15 is 0 Å². The number of nitriles is 1. The summed E-state index contributed by atoms with van der Waals surface area (Å²) in [5, 5.41) is 10.1. The van der Waals surface area contributed by atoms with E-state index in [0.717, 1.165) is 17.4 Å². The lowest BCUT2D eigenvalue weighted by Crippen LogP contribution is -2.59. The molecule has 1 N–H and O–H groups in total. The smallest absolute Gasteiger partial charge is 0.331 e. The number of nitrogens with zero attached hydrogens (tertiary/aromatic N) is 1. The summed E-state index contributed by atoms with van der Waals surface area (Å²) in [4.78, 5) is 11.1. The second kappa shape index (κ2) is 6.23. The fourth-order valence-corrected chi connectivity index (χ4v) is 1.51. The van der Waals surface area contributed by atoms with Crippen molar-refractivity contribution in [1.29, 1.82) is 5.26 Å². The minimum Gasteiger partial charge on any atom is -0.331 e. The molecule has 0 saturated heterocycles. The van der Waals surface area contributed by atoms with Crippen molar-refractivity contribution in [1.82, 2.24) is 5.32 Å². The molecule has 0 aliphatic rings. The van der Waals surface area contributed by atoms with Crippen molar-refractivity contribution in [2.75, 3.05) is 0 Å². The maximum Gasteiger partial charge on any atom is 0.460 e. The summed E-state index contributed by atoms with van der Waals surface area (Å²) in [5.74, 6) is -15.6. The minimum absolute atomic E-state index is 0.128. The normalized spacial score (nSPS) is 14.0. The Morgan fingerprint density at radius 1 is 1.09 bits per heavy atom. The van der Waals surface area contributed by atoms with Crippen molar-refractivity contribution >= 4 is 17.5 Å². The lowest BCUT2D eigenvalue weighted by molar-refractivity contribution is -0.344. The molecule has 0 saturated carbocycles. The fourth-order valence-electron chi connectivity index (χ4n) is 1.39. The van der Waals surface area contributed by atoms with Gasteiger partial charge in [-0.15, -0.1) is 0 Å². The molecular formula is C12H6ClF7N2O. The van der Waals surface area contributed by atoms with Gasteiger partial charge in [0.25, 0.3) is 5.91 Å². The molecule has 1 aromatic rings. The van der Waals surface area contributed by atoms with E-state index in [4.69, 9.17) is 16.9 Å². The SMILES string of the molecule is N#CC(NC(=O)C(F)(F)C(F)(F)C(F)(F)F)c1ccc(Cl)cc1. The Kier molecular flexibility index (Phi) is 5.16. The van der Waals surface area contributed by atoms with Crippen LogP contribution in [0.5, 0.6) is 0 Å². The maximum atomic E-state index is 13.2. The van der Waals surface area contributed by atoms with Crippen LogP contribution >= 0.6 is 11.6 Å². The zero-order valence-corrected chi connectivity index (χ0v) is 11.5. The number of carbonyl (C=O) groups is 1. The van der Waals surface area contributed by atoms with E-state index in [1.807, 2.05) is 0 Å². The first kappa shape index (κ1) is 19.0. The largest absolute Gasteiger partial charge is 0.460 e. The summed E-state index contributed by atoms with van der Waals surface area (Å²) in [6.07, 6.45) is -6.64. The van der Waals surface area contributed by atoms with Crippen LogP contribution in [-0.4, -0.2) is 23.9 Å². The van der Waals surface area contributed by atoms with E-state index < -0.39 is 30.0 Å². The Morgan fingerprint density at radius 3 is 1.96 bits per heavy atom. The third-order valence-electron chi connectivity index (χ3n) is 2.64. The zero-order chi connectivity index (χ0) is 18.1. The number of hydrogen-bond donors (Lipinski definition) is 1. The van der Waals surface area contributed by atoms with Crippen LogP contribution < -0.4 is 5.32 Å². The molecule has 0 aliphatic carbocycles. The van der Waals surface area contributed by atoms with Gasteiger partial charge in [-0.3, -0.25) is 4.79 Å². The Balaban J connectivity index is 3.05. The Morgan fingerprint density at radius 2 is 1.57 bits per heavy atom. The van der Waals surface area contributed by atoms with Gasteiger partial charge in [0.1, 0.15) is 6.04 Å². The van der Waals surface area contributed by atoms with Crippen LogP contribution in [0.15, 0.2) is 24.3 Å². The van der Waals surface area contributed by atoms with E-state index in [9.17, 15) is 35.5 Å². The minimum atomic E-state index is -6.64. The highest BCUT2D eigenvalue weighted by atomic mass is 35.5. The zero-order valence-electron chi connectivity index (χ0n) is 10.8. The van der Waals surface area contributed by atoms with E-state index in [2.05, 4.69) is 0 Å². The first-order chi connectivity index (χ1) is 10.3. The number of amides is 1. The number of halogens is 8. The predicted octanol–water partition coefficient (Wildman–Crippen LogP) is 3.85. The summed E-state index contributed by atoms with van der Waals surface area (Å²) in [6.45, 7) is 0. The third kappa shape index (κ3) is 3.67. The number of alkyl halides is 7. The van der Waals surface area contributed by atoms with Gasteiger partial charge in [-0.1, -0.05) is 23.7 Å². The molecule has 11 heteroatoms. The monoisotopic (exact) mass is 362 g/mol. The van der Waals surface area contributed by atoms with Crippen molar-refractivity contribution in [3.05, 3.63) is 34.9 Å². The summed E-state index contributed by atoms with van der Waals surface area (Å²) in [5.41, 5.74) is -0.128. The number of rotatable bonds is 4. The molecule has 3 nitrogen and oxygen atoms in total. The molecule has 1 rings (SSSR count). The topological polar surface area (TPSA) is 52.9 Å². The van der Waals surface area contributed by atoms with Gasteiger partial charge in [0, 0.05) is 5.02 Å². The molecule has 0 fully saturated rings. The van der Waals surface area contributed by atoms with Crippen LogP contribution in [0.2, 0.25) is 5.02 Å². The lowest BCUT2D eigenvalue weighted by Gasteiger charge is -2.27. The summed E-state index contributed by atoms with van der Waals surface area (Å²) in [7, 11) is 0. The lowest BCUT2D eigenvalue weighted by atomic mass is 10.1. The van der Waals surface area contributed by atoms with Gasteiger partial charge in [0.15, 0.2) is 0 Å².